The number of hydrogen-bond acceptors (Lipinski definition) is 5. The molecular formula is C22H22N4O3. The molecule has 3 aromatic rings. The number of furan rings is 1. The Morgan fingerprint density at radius 1 is 1.07 bits per heavy atom. The van der Waals surface area contributed by atoms with Gasteiger partial charge in [0.05, 0.1) is 18.7 Å². The highest BCUT2D eigenvalue weighted by Gasteiger charge is 2.36. The topological polar surface area (TPSA) is 79.5 Å². The quantitative estimate of drug-likeness (QED) is 0.620. The van der Waals surface area contributed by atoms with Crippen molar-refractivity contribution in [1.29, 1.82) is 0 Å². The molecule has 4 rings (SSSR count). The molecule has 3 aromatic heterocycles. The van der Waals surface area contributed by atoms with Gasteiger partial charge in [-0.2, -0.15) is 0 Å². The van der Waals surface area contributed by atoms with Gasteiger partial charge in [-0.25, -0.2) is 0 Å². The van der Waals surface area contributed by atoms with Crippen LogP contribution in [0.5, 0.6) is 0 Å². The Bertz CT molecular complexity index is 903. The van der Waals surface area contributed by atoms with E-state index in [2.05, 4.69) is 9.97 Å². The predicted octanol–water partition coefficient (Wildman–Crippen LogP) is 2.65. The van der Waals surface area contributed by atoms with Gasteiger partial charge in [-0.1, -0.05) is 6.07 Å². The van der Waals surface area contributed by atoms with Crippen molar-refractivity contribution >= 4 is 11.8 Å². The lowest BCUT2D eigenvalue weighted by Gasteiger charge is -2.26. The van der Waals surface area contributed by atoms with E-state index in [9.17, 15) is 9.59 Å². The molecule has 1 atom stereocenters. The molecule has 1 aliphatic rings. The van der Waals surface area contributed by atoms with E-state index in [0.717, 1.165) is 16.9 Å². The van der Waals surface area contributed by atoms with E-state index < -0.39 is 0 Å². The van der Waals surface area contributed by atoms with Gasteiger partial charge in [0.15, 0.2) is 0 Å². The summed E-state index contributed by atoms with van der Waals surface area (Å²) in [5.74, 6) is 0.303. The molecule has 29 heavy (non-hydrogen) atoms. The van der Waals surface area contributed by atoms with Crippen molar-refractivity contribution in [3.63, 3.8) is 0 Å². The minimum absolute atomic E-state index is 0.0232. The fourth-order valence-electron chi connectivity index (χ4n) is 3.57. The summed E-state index contributed by atoms with van der Waals surface area (Å²) in [7, 11) is 0. The summed E-state index contributed by atoms with van der Waals surface area (Å²) >= 11 is 0. The first-order valence-corrected chi connectivity index (χ1v) is 9.56. The third kappa shape index (κ3) is 4.68. The second-order valence-electron chi connectivity index (χ2n) is 7.17. The van der Waals surface area contributed by atoms with Crippen LogP contribution in [0.15, 0.2) is 71.9 Å². The van der Waals surface area contributed by atoms with E-state index in [0.29, 0.717) is 26.2 Å². The zero-order valence-electron chi connectivity index (χ0n) is 16.0. The van der Waals surface area contributed by atoms with E-state index >= 15 is 0 Å². The van der Waals surface area contributed by atoms with E-state index in [1.807, 2.05) is 30.3 Å². The number of carbonyl (C=O) groups is 2. The normalized spacial score (nSPS) is 16.2. The third-order valence-corrected chi connectivity index (χ3v) is 5.02. The molecule has 0 saturated carbocycles. The molecule has 4 heterocycles. The zero-order valence-corrected chi connectivity index (χ0v) is 16.0. The van der Waals surface area contributed by atoms with Gasteiger partial charge < -0.3 is 14.2 Å². The summed E-state index contributed by atoms with van der Waals surface area (Å²) in [5.41, 5.74) is 1.95. The third-order valence-electron chi connectivity index (χ3n) is 5.02. The maximum atomic E-state index is 13.3. The Balaban J connectivity index is 1.49. The number of aromatic nitrogens is 2. The molecule has 148 valence electrons. The first kappa shape index (κ1) is 18.9. The average molecular weight is 390 g/mol. The number of carbonyl (C=O) groups excluding carboxylic acids is 2. The summed E-state index contributed by atoms with van der Waals surface area (Å²) in [4.78, 5) is 37.5. The van der Waals surface area contributed by atoms with Gasteiger partial charge in [0, 0.05) is 50.8 Å². The maximum Gasteiger partial charge on any atom is 0.228 e. The molecule has 1 saturated heterocycles. The summed E-state index contributed by atoms with van der Waals surface area (Å²) in [5, 5.41) is 0. The number of nitrogens with zero attached hydrogens (tertiary/aromatic N) is 4. The maximum absolute atomic E-state index is 13.3. The second kappa shape index (κ2) is 8.68. The van der Waals surface area contributed by atoms with Crippen molar-refractivity contribution in [2.75, 3.05) is 6.54 Å². The lowest BCUT2D eigenvalue weighted by Crippen LogP contribution is -2.36. The first-order chi connectivity index (χ1) is 14.2. The van der Waals surface area contributed by atoms with E-state index in [4.69, 9.17) is 4.42 Å². The average Bonchev–Trinajstić information content (AvgIpc) is 3.39. The fraction of sp³-hybridized carbons (Fsp3) is 0.273. The van der Waals surface area contributed by atoms with E-state index in [-0.39, 0.29) is 24.2 Å². The van der Waals surface area contributed by atoms with Gasteiger partial charge in [-0.3, -0.25) is 19.6 Å². The van der Waals surface area contributed by atoms with Gasteiger partial charge in [-0.15, -0.1) is 0 Å². The molecule has 0 spiro atoms. The van der Waals surface area contributed by atoms with Crippen LogP contribution in [0.3, 0.4) is 0 Å². The smallest absolute Gasteiger partial charge is 0.228 e. The summed E-state index contributed by atoms with van der Waals surface area (Å²) < 4.78 is 5.34. The highest BCUT2D eigenvalue weighted by atomic mass is 16.3. The molecule has 0 N–H and O–H groups in total. The van der Waals surface area contributed by atoms with Crippen molar-refractivity contribution in [3.05, 3.63) is 84.3 Å². The Labute approximate surface area is 169 Å². The monoisotopic (exact) mass is 390 g/mol. The molecule has 2 amide bonds. The van der Waals surface area contributed by atoms with Crippen molar-refractivity contribution < 1.29 is 14.0 Å². The zero-order chi connectivity index (χ0) is 20.1. The van der Waals surface area contributed by atoms with Crippen molar-refractivity contribution in [2.45, 2.75) is 26.1 Å². The molecule has 7 nitrogen and oxygen atoms in total. The minimum Gasteiger partial charge on any atom is -0.467 e. The molecule has 1 aliphatic heterocycles. The predicted molar refractivity (Wildman–Crippen MR) is 105 cm³/mol. The molecule has 0 aliphatic carbocycles. The van der Waals surface area contributed by atoms with Crippen molar-refractivity contribution in [1.82, 2.24) is 19.8 Å². The summed E-state index contributed by atoms with van der Waals surface area (Å²) in [6.45, 7) is 1.69. The fourth-order valence-corrected chi connectivity index (χ4v) is 3.57. The molecular weight excluding hydrogens is 368 g/mol. The molecule has 7 heteroatoms. The van der Waals surface area contributed by atoms with Gasteiger partial charge in [0.1, 0.15) is 5.76 Å². The van der Waals surface area contributed by atoms with Crippen LogP contribution in [-0.4, -0.2) is 38.1 Å². The Morgan fingerprint density at radius 2 is 1.90 bits per heavy atom. The standard InChI is InChI=1S/C22H22N4O3/c27-21-11-19(15-25(21)16-20-4-2-10-29-20)22(28)26(13-17-5-8-23-9-6-17)14-18-3-1-7-24-12-18/h1-10,12,19H,11,13-16H2/t19-/m0/s1. The second-order valence-corrected chi connectivity index (χ2v) is 7.17. The lowest BCUT2D eigenvalue weighted by molar-refractivity contribution is -0.137. The van der Waals surface area contributed by atoms with Crippen LogP contribution in [0.25, 0.3) is 0 Å². The lowest BCUT2D eigenvalue weighted by atomic mass is 10.1. The van der Waals surface area contributed by atoms with Crippen molar-refractivity contribution in [3.8, 4) is 0 Å². The van der Waals surface area contributed by atoms with Crippen LogP contribution in [0.1, 0.15) is 23.3 Å². The van der Waals surface area contributed by atoms with Gasteiger partial charge in [0.25, 0.3) is 0 Å². The van der Waals surface area contributed by atoms with Gasteiger partial charge >= 0.3 is 0 Å². The van der Waals surface area contributed by atoms with Gasteiger partial charge in [-0.05, 0) is 41.5 Å². The molecule has 0 bridgehead atoms. The van der Waals surface area contributed by atoms with E-state index in [1.165, 1.54) is 0 Å². The number of hydrogen-bond donors (Lipinski definition) is 0. The number of likely N-dealkylation sites (tertiary alicyclic amines) is 1. The minimum atomic E-state index is -0.365. The molecule has 0 radical (unpaired) electrons. The summed E-state index contributed by atoms with van der Waals surface area (Å²) in [6.07, 6.45) is 8.71. The van der Waals surface area contributed by atoms with Gasteiger partial charge in [0.2, 0.25) is 11.8 Å². The van der Waals surface area contributed by atoms with Crippen molar-refractivity contribution in [2.24, 2.45) is 5.92 Å². The van der Waals surface area contributed by atoms with Crippen LogP contribution in [0.4, 0.5) is 0 Å². The Kier molecular flexibility index (Phi) is 5.65. The van der Waals surface area contributed by atoms with Crippen LogP contribution < -0.4 is 0 Å². The van der Waals surface area contributed by atoms with Crippen LogP contribution in [0.2, 0.25) is 0 Å². The number of amides is 2. The SMILES string of the molecule is O=C1C[C@H](C(=O)N(Cc2ccncc2)Cc2cccnc2)CN1Cc1ccco1. The van der Waals surface area contributed by atoms with Crippen LogP contribution in [0, 0.1) is 5.92 Å². The number of rotatable bonds is 7. The molecule has 1 fully saturated rings. The highest BCUT2D eigenvalue weighted by molar-refractivity contribution is 5.89. The summed E-state index contributed by atoms with van der Waals surface area (Å²) in [6, 6.07) is 11.2. The number of pyridine rings is 2. The van der Waals surface area contributed by atoms with Crippen LogP contribution >= 0.6 is 0 Å². The Morgan fingerprint density at radius 3 is 2.62 bits per heavy atom. The molecule has 0 unspecified atom stereocenters. The highest BCUT2D eigenvalue weighted by Crippen LogP contribution is 2.24. The van der Waals surface area contributed by atoms with E-state index in [1.54, 1.807) is 46.9 Å². The van der Waals surface area contributed by atoms with Crippen LogP contribution in [-0.2, 0) is 29.2 Å². The largest absolute Gasteiger partial charge is 0.467 e. The molecule has 0 aromatic carbocycles. The first-order valence-electron chi connectivity index (χ1n) is 9.56. The Hall–Kier alpha value is -3.48.